The smallest absolute Gasteiger partial charge is 0.0272 e. The fraction of sp³-hybridized carbons (Fsp3) is 1.00. The number of nitrogens with zero attached hydrogens (tertiary/aromatic N) is 2. The van der Waals surface area contributed by atoms with Gasteiger partial charge in [-0.2, -0.15) is 0 Å². The van der Waals surface area contributed by atoms with Crippen molar-refractivity contribution in [1.82, 2.24) is 10.0 Å². The van der Waals surface area contributed by atoms with Gasteiger partial charge < -0.3 is 0 Å². The van der Waals surface area contributed by atoms with Gasteiger partial charge in [-0.1, -0.05) is 51.9 Å². The van der Waals surface area contributed by atoms with Gasteiger partial charge in [-0.3, -0.25) is 0 Å². The Labute approximate surface area is 116 Å². The molecule has 110 valence electrons. The van der Waals surface area contributed by atoms with E-state index in [1.807, 2.05) is 0 Å². The first-order valence-electron chi connectivity index (χ1n) is 7.84. The molecule has 0 aromatic rings. The molecule has 18 heavy (non-hydrogen) atoms. The number of hydrazine groups is 1. The first-order valence-corrected chi connectivity index (χ1v) is 7.84. The predicted octanol–water partition coefficient (Wildman–Crippen LogP) is 4.70. The molecule has 0 unspecified atom stereocenters. The third-order valence-corrected chi connectivity index (χ3v) is 3.48. The average Bonchev–Trinajstić information content (AvgIpc) is 2.24. The zero-order valence-electron chi connectivity index (χ0n) is 13.8. The quantitative estimate of drug-likeness (QED) is 0.413. The molecule has 2 heteroatoms. The van der Waals surface area contributed by atoms with Crippen molar-refractivity contribution >= 4 is 0 Å². The Balaban J connectivity index is 3.57. The molecular formula is C16H36N2. The average molecular weight is 256 g/mol. The van der Waals surface area contributed by atoms with E-state index < -0.39 is 0 Å². The zero-order valence-corrected chi connectivity index (χ0v) is 13.8. The van der Waals surface area contributed by atoms with Crippen LogP contribution in [0.4, 0.5) is 0 Å². The number of hydrogen-bond donors (Lipinski definition) is 0. The van der Waals surface area contributed by atoms with Crippen LogP contribution in [0.5, 0.6) is 0 Å². The van der Waals surface area contributed by atoms with Gasteiger partial charge in [0.15, 0.2) is 0 Å². The highest BCUT2D eigenvalue weighted by molar-refractivity contribution is 4.72. The first-order chi connectivity index (χ1) is 8.39. The second-order valence-corrected chi connectivity index (χ2v) is 6.62. The number of hydrogen-bond acceptors (Lipinski definition) is 2. The van der Waals surface area contributed by atoms with Crippen molar-refractivity contribution in [3.63, 3.8) is 0 Å². The fourth-order valence-corrected chi connectivity index (χ4v) is 2.53. The molecular weight excluding hydrogens is 220 g/mol. The molecule has 0 aliphatic heterocycles. The molecule has 0 amide bonds. The second-order valence-electron chi connectivity index (χ2n) is 6.62. The van der Waals surface area contributed by atoms with E-state index in [-0.39, 0.29) is 5.54 Å². The summed E-state index contributed by atoms with van der Waals surface area (Å²) >= 11 is 0. The maximum Gasteiger partial charge on any atom is 0.0272 e. The van der Waals surface area contributed by atoms with Crippen LogP contribution in [0.15, 0.2) is 0 Å². The van der Waals surface area contributed by atoms with Crippen molar-refractivity contribution in [2.75, 3.05) is 20.6 Å². The zero-order chi connectivity index (χ0) is 14.0. The Bertz CT molecular complexity index is 182. The van der Waals surface area contributed by atoms with E-state index >= 15 is 0 Å². The van der Waals surface area contributed by atoms with Crippen LogP contribution in [-0.4, -0.2) is 36.2 Å². The van der Waals surface area contributed by atoms with E-state index in [0.717, 1.165) is 0 Å². The third kappa shape index (κ3) is 8.93. The highest BCUT2D eigenvalue weighted by Gasteiger charge is 2.22. The van der Waals surface area contributed by atoms with E-state index in [4.69, 9.17) is 0 Å². The standard InChI is InChI=1S/C16H36N2/c1-7-8-9-10-11-12-13-14-15-18(17(5)6)16(2,3)4/h7-15H2,1-6H3. The molecule has 0 radical (unpaired) electrons. The van der Waals surface area contributed by atoms with Crippen LogP contribution in [0.2, 0.25) is 0 Å². The lowest BCUT2D eigenvalue weighted by Crippen LogP contribution is -2.49. The Morgan fingerprint density at radius 2 is 1.17 bits per heavy atom. The summed E-state index contributed by atoms with van der Waals surface area (Å²) in [6.07, 6.45) is 11.2. The minimum absolute atomic E-state index is 0.241. The van der Waals surface area contributed by atoms with Gasteiger partial charge in [-0.15, -0.1) is 0 Å². The highest BCUT2D eigenvalue weighted by atomic mass is 15.6. The first kappa shape index (κ1) is 17.9. The van der Waals surface area contributed by atoms with Gasteiger partial charge in [-0.25, -0.2) is 10.0 Å². The lowest BCUT2D eigenvalue weighted by Gasteiger charge is -2.40. The SMILES string of the molecule is CCCCCCCCCCN(N(C)C)C(C)(C)C. The maximum absolute atomic E-state index is 2.46. The van der Waals surface area contributed by atoms with E-state index in [2.05, 4.69) is 51.8 Å². The molecule has 0 heterocycles. The van der Waals surface area contributed by atoms with Crippen LogP contribution in [0, 0.1) is 0 Å². The van der Waals surface area contributed by atoms with Crippen molar-refractivity contribution in [2.45, 2.75) is 84.6 Å². The lowest BCUT2D eigenvalue weighted by atomic mass is 10.1. The second kappa shape index (κ2) is 9.80. The molecule has 0 fully saturated rings. The van der Waals surface area contributed by atoms with Gasteiger partial charge in [0.2, 0.25) is 0 Å². The Hall–Kier alpha value is -0.0800. The molecule has 0 aromatic carbocycles. The van der Waals surface area contributed by atoms with E-state index in [1.54, 1.807) is 0 Å². The van der Waals surface area contributed by atoms with Crippen molar-refractivity contribution in [3.05, 3.63) is 0 Å². The minimum atomic E-state index is 0.241. The summed E-state index contributed by atoms with van der Waals surface area (Å²) in [5.74, 6) is 0. The van der Waals surface area contributed by atoms with Crippen molar-refractivity contribution in [3.8, 4) is 0 Å². The molecule has 2 nitrogen and oxygen atoms in total. The Kier molecular flexibility index (Phi) is 9.76. The third-order valence-electron chi connectivity index (χ3n) is 3.48. The molecule has 0 rings (SSSR count). The predicted molar refractivity (Wildman–Crippen MR) is 82.8 cm³/mol. The number of rotatable bonds is 10. The monoisotopic (exact) mass is 256 g/mol. The van der Waals surface area contributed by atoms with E-state index in [0.29, 0.717) is 0 Å². The van der Waals surface area contributed by atoms with Gasteiger partial charge in [0, 0.05) is 26.2 Å². The van der Waals surface area contributed by atoms with Crippen molar-refractivity contribution in [1.29, 1.82) is 0 Å². The Morgan fingerprint density at radius 1 is 0.722 bits per heavy atom. The molecule has 0 saturated carbocycles. The molecule has 0 N–H and O–H groups in total. The van der Waals surface area contributed by atoms with Crippen LogP contribution in [0.25, 0.3) is 0 Å². The van der Waals surface area contributed by atoms with Crippen molar-refractivity contribution in [2.24, 2.45) is 0 Å². The van der Waals surface area contributed by atoms with Gasteiger partial charge >= 0.3 is 0 Å². The summed E-state index contributed by atoms with van der Waals surface area (Å²) < 4.78 is 0. The highest BCUT2D eigenvalue weighted by Crippen LogP contribution is 2.16. The lowest BCUT2D eigenvalue weighted by molar-refractivity contribution is -0.0544. The molecule has 0 saturated heterocycles. The molecule has 0 atom stereocenters. The normalized spacial score (nSPS) is 12.7. The fourth-order valence-electron chi connectivity index (χ4n) is 2.53. The summed E-state index contributed by atoms with van der Waals surface area (Å²) in [7, 11) is 4.30. The van der Waals surface area contributed by atoms with Crippen LogP contribution < -0.4 is 0 Å². The summed E-state index contributed by atoms with van der Waals surface area (Å²) in [6.45, 7) is 10.3. The molecule has 0 aliphatic carbocycles. The molecule has 0 aromatic heterocycles. The summed E-state index contributed by atoms with van der Waals surface area (Å²) in [4.78, 5) is 0. The minimum Gasteiger partial charge on any atom is -0.247 e. The summed E-state index contributed by atoms with van der Waals surface area (Å²) in [5.41, 5.74) is 0.241. The number of unbranched alkanes of at least 4 members (excludes halogenated alkanes) is 7. The molecule has 0 bridgehead atoms. The topological polar surface area (TPSA) is 6.48 Å². The largest absolute Gasteiger partial charge is 0.247 e. The van der Waals surface area contributed by atoms with Gasteiger partial charge in [0.05, 0.1) is 0 Å². The molecule has 0 aliphatic rings. The Morgan fingerprint density at radius 3 is 1.56 bits per heavy atom. The maximum atomic E-state index is 2.46. The summed E-state index contributed by atoms with van der Waals surface area (Å²) in [6, 6.07) is 0. The molecule has 0 spiro atoms. The van der Waals surface area contributed by atoms with Crippen LogP contribution in [0.3, 0.4) is 0 Å². The summed E-state index contributed by atoms with van der Waals surface area (Å²) in [5, 5.41) is 4.70. The van der Waals surface area contributed by atoms with Crippen LogP contribution in [0.1, 0.15) is 79.1 Å². The van der Waals surface area contributed by atoms with E-state index in [9.17, 15) is 0 Å². The van der Waals surface area contributed by atoms with Gasteiger partial charge in [0.25, 0.3) is 0 Å². The van der Waals surface area contributed by atoms with Crippen LogP contribution >= 0.6 is 0 Å². The van der Waals surface area contributed by atoms with Crippen LogP contribution in [-0.2, 0) is 0 Å². The van der Waals surface area contributed by atoms with Crippen molar-refractivity contribution < 1.29 is 0 Å². The van der Waals surface area contributed by atoms with Gasteiger partial charge in [0.1, 0.15) is 0 Å². The van der Waals surface area contributed by atoms with E-state index in [1.165, 1.54) is 57.9 Å². The van der Waals surface area contributed by atoms with Gasteiger partial charge in [-0.05, 0) is 27.2 Å².